The van der Waals surface area contributed by atoms with Crippen molar-refractivity contribution in [3.05, 3.63) is 35.9 Å². The van der Waals surface area contributed by atoms with Crippen molar-refractivity contribution >= 4 is 5.91 Å². The van der Waals surface area contributed by atoms with E-state index in [1.54, 1.807) is 0 Å². The molecule has 0 unspecified atom stereocenters. The molecular formula is C14H21NO. The quantitative estimate of drug-likeness (QED) is 0.744. The molecule has 0 N–H and O–H groups in total. The lowest BCUT2D eigenvalue weighted by atomic mass is 10.1. The van der Waals surface area contributed by atoms with Crippen LogP contribution < -0.4 is 0 Å². The molecule has 2 heteroatoms. The first-order valence-electron chi connectivity index (χ1n) is 5.98. The van der Waals surface area contributed by atoms with Crippen LogP contribution in [0, 0.1) is 0 Å². The molecule has 0 fully saturated rings. The smallest absolute Gasteiger partial charge is 0.223 e. The van der Waals surface area contributed by atoms with Crippen LogP contribution in [-0.4, -0.2) is 16.8 Å². The minimum Gasteiger partial charge on any atom is -0.336 e. The lowest BCUT2D eigenvalue weighted by molar-refractivity contribution is -0.133. The number of rotatable bonds is 5. The fourth-order valence-corrected chi connectivity index (χ4v) is 1.70. The summed E-state index contributed by atoms with van der Waals surface area (Å²) >= 11 is 0. The molecule has 0 aliphatic carbocycles. The van der Waals surface area contributed by atoms with Crippen molar-refractivity contribution in [1.29, 1.82) is 0 Å². The van der Waals surface area contributed by atoms with Crippen molar-refractivity contribution in [3.8, 4) is 0 Å². The Balaban J connectivity index is 2.69. The van der Waals surface area contributed by atoms with E-state index in [0.717, 1.165) is 13.0 Å². The van der Waals surface area contributed by atoms with Crippen LogP contribution in [0.2, 0.25) is 0 Å². The van der Waals surface area contributed by atoms with Gasteiger partial charge in [-0.15, -0.1) is 0 Å². The van der Waals surface area contributed by atoms with Gasteiger partial charge in [-0.25, -0.2) is 0 Å². The van der Waals surface area contributed by atoms with Gasteiger partial charge in [0, 0.05) is 19.0 Å². The van der Waals surface area contributed by atoms with Gasteiger partial charge in [0.2, 0.25) is 5.91 Å². The van der Waals surface area contributed by atoms with Crippen molar-refractivity contribution in [2.24, 2.45) is 0 Å². The molecule has 0 aliphatic rings. The largest absolute Gasteiger partial charge is 0.336 e. The van der Waals surface area contributed by atoms with Gasteiger partial charge in [-0.1, -0.05) is 37.3 Å². The van der Waals surface area contributed by atoms with Crippen LogP contribution in [0.25, 0.3) is 0 Å². The van der Waals surface area contributed by atoms with Gasteiger partial charge in [-0.05, 0) is 25.8 Å². The third-order valence-electron chi connectivity index (χ3n) is 2.60. The van der Waals surface area contributed by atoms with E-state index < -0.39 is 0 Å². The Kier molecular flexibility index (Phi) is 5.03. The van der Waals surface area contributed by atoms with E-state index in [9.17, 15) is 4.79 Å². The highest BCUT2D eigenvalue weighted by atomic mass is 16.2. The summed E-state index contributed by atoms with van der Waals surface area (Å²) in [5.74, 6) is 0.251. The van der Waals surface area contributed by atoms with Gasteiger partial charge >= 0.3 is 0 Å². The van der Waals surface area contributed by atoms with Crippen LogP contribution in [0.4, 0.5) is 0 Å². The van der Waals surface area contributed by atoms with E-state index in [-0.39, 0.29) is 11.9 Å². The van der Waals surface area contributed by atoms with E-state index in [4.69, 9.17) is 0 Å². The molecule has 1 aromatic carbocycles. The van der Waals surface area contributed by atoms with E-state index in [1.807, 2.05) is 30.0 Å². The molecule has 0 aromatic heterocycles. The van der Waals surface area contributed by atoms with Gasteiger partial charge in [0.1, 0.15) is 0 Å². The van der Waals surface area contributed by atoms with Gasteiger partial charge in [-0.3, -0.25) is 4.79 Å². The summed E-state index contributed by atoms with van der Waals surface area (Å²) < 4.78 is 0. The number of amides is 1. The van der Waals surface area contributed by atoms with Gasteiger partial charge in [0.15, 0.2) is 0 Å². The molecule has 0 heterocycles. The second-order valence-corrected chi connectivity index (χ2v) is 4.35. The molecular weight excluding hydrogens is 198 g/mol. The van der Waals surface area contributed by atoms with Crippen LogP contribution in [0.5, 0.6) is 0 Å². The molecule has 0 atom stereocenters. The summed E-state index contributed by atoms with van der Waals surface area (Å²) in [6.45, 7) is 6.89. The third-order valence-corrected chi connectivity index (χ3v) is 2.60. The fourth-order valence-electron chi connectivity index (χ4n) is 1.70. The van der Waals surface area contributed by atoms with Gasteiger partial charge in [0.25, 0.3) is 0 Å². The summed E-state index contributed by atoms with van der Waals surface area (Å²) in [7, 11) is 0. The topological polar surface area (TPSA) is 20.3 Å². The molecule has 0 spiro atoms. The van der Waals surface area contributed by atoms with Gasteiger partial charge in [-0.2, -0.15) is 0 Å². The summed E-state index contributed by atoms with van der Waals surface area (Å²) in [5, 5.41) is 0. The summed E-state index contributed by atoms with van der Waals surface area (Å²) in [6.07, 6.45) is 1.56. The predicted octanol–water partition coefficient (Wildman–Crippen LogP) is 3.22. The van der Waals surface area contributed by atoms with E-state index in [2.05, 4.69) is 26.0 Å². The molecule has 0 saturated heterocycles. The molecule has 1 rings (SSSR count). The Morgan fingerprint density at radius 3 is 2.38 bits per heavy atom. The standard InChI is InChI=1S/C14H21NO/c1-4-8-14(16)15(12(2)3)11-13-9-6-5-7-10-13/h5-7,9-10,12H,4,8,11H2,1-3H3. The Morgan fingerprint density at radius 1 is 1.25 bits per heavy atom. The van der Waals surface area contributed by atoms with Crippen LogP contribution >= 0.6 is 0 Å². The molecule has 1 aromatic rings. The van der Waals surface area contributed by atoms with E-state index in [1.165, 1.54) is 5.56 Å². The summed E-state index contributed by atoms with van der Waals surface area (Å²) in [6, 6.07) is 10.4. The number of hydrogen-bond donors (Lipinski definition) is 0. The average molecular weight is 219 g/mol. The zero-order valence-corrected chi connectivity index (χ0v) is 10.4. The highest BCUT2D eigenvalue weighted by Gasteiger charge is 2.15. The fraction of sp³-hybridized carbons (Fsp3) is 0.500. The van der Waals surface area contributed by atoms with E-state index >= 15 is 0 Å². The number of nitrogens with zero attached hydrogens (tertiary/aromatic N) is 1. The molecule has 0 bridgehead atoms. The molecule has 1 amide bonds. The first kappa shape index (κ1) is 12.8. The normalized spacial score (nSPS) is 10.5. The predicted molar refractivity (Wildman–Crippen MR) is 67.0 cm³/mol. The maximum Gasteiger partial charge on any atom is 0.223 e. The SMILES string of the molecule is CCCC(=O)N(Cc1ccccc1)C(C)C. The lowest BCUT2D eigenvalue weighted by Crippen LogP contribution is -2.36. The molecule has 88 valence electrons. The molecule has 16 heavy (non-hydrogen) atoms. The number of benzene rings is 1. The second kappa shape index (κ2) is 6.31. The van der Waals surface area contributed by atoms with Crippen LogP contribution in [0.3, 0.4) is 0 Å². The maximum atomic E-state index is 11.9. The minimum absolute atomic E-state index is 0.251. The minimum atomic E-state index is 0.251. The monoisotopic (exact) mass is 219 g/mol. The van der Waals surface area contributed by atoms with Crippen molar-refractivity contribution in [2.75, 3.05) is 0 Å². The molecule has 0 saturated carbocycles. The Morgan fingerprint density at radius 2 is 1.88 bits per heavy atom. The first-order valence-corrected chi connectivity index (χ1v) is 5.98. The first-order chi connectivity index (χ1) is 7.65. The van der Waals surface area contributed by atoms with Crippen LogP contribution in [-0.2, 0) is 11.3 Å². The van der Waals surface area contributed by atoms with E-state index in [0.29, 0.717) is 6.42 Å². The zero-order valence-electron chi connectivity index (χ0n) is 10.4. The van der Waals surface area contributed by atoms with Crippen molar-refractivity contribution in [1.82, 2.24) is 4.90 Å². The Labute approximate surface area is 98.3 Å². The van der Waals surface area contributed by atoms with Gasteiger partial charge < -0.3 is 4.90 Å². The Bertz CT molecular complexity index is 319. The van der Waals surface area contributed by atoms with Crippen molar-refractivity contribution in [3.63, 3.8) is 0 Å². The Hall–Kier alpha value is -1.31. The zero-order chi connectivity index (χ0) is 12.0. The maximum absolute atomic E-state index is 11.9. The van der Waals surface area contributed by atoms with Crippen molar-refractivity contribution in [2.45, 2.75) is 46.2 Å². The summed E-state index contributed by atoms with van der Waals surface area (Å²) in [5.41, 5.74) is 1.20. The van der Waals surface area contributed by atoms with Gasteiger partial charge in [0.05, 0.1) is 0 Å². The van der Waals surface area contributed by atoms with Crippen LogP contribution in [0.15, 0.2) is 30.3 Å². The van der Waals surface area contributed by atoms with Crippen molar-refractivity contribution < 1.29 is 4.79 Å². The lowest BCUT2D eigenvalue weighted by Gasteiger charge is -2.26. The number of carbonyl (C=O) groups excluding carboxylic acids is 1. The third kappa shape index (κ3) is 3.69. The molecule has 0 aliphatic heterocycles. The molecule has 0 radical (unpaired) electrons. The number of carbonyl (C=O) groups is 1. The average Bonchev–Trinajstić information content (AvgIpc) is 2.27. The second-order valence-electron chi connectivity index (χ2n) is 4.35. The molecule has 2 nitrogen and oxygen atoms in total. The highest BCUT2D eigenvalue weighted by molar-refractivity contribution is 5.76. The highest BCUT2D eigenvalue weighted by Crippen LogP contribution is 2.10. The van der Waals surface area contributed by atoms with Crippen LogP contribution in [0.1, 0.15) is 39.2 Å². The number of hydrogen-bond acceptors (Lipinski definition) is 1. The summed E-state index contributed by atoms with van der Waals surface area (Å²) in [4.78, 5) is 13.9.